The SMILES string of the molecule is CCCNC(CSc1nncn1C)c1ccccc1C. The molecule has 0 aliphatic rings. The first-order valence-electron chi connectivity index (χ1n) is 6.98. The van der Waals surface area contributed by atoms with E-state index >= 15 is 0 Å². The van der Waals surface area contributed by atoms with Crippen LogP contribution < -0.4 is 5.32 Å². The van der Waals surface area contributed by atoms with Gasteiger partial charge in [0, 0.05) is 18.8 Å². The molecule has 1 unspecified atom stereocenters. The van der Waals surface area contributed by atoms with E-state index in [4.69, 9.17) is 0 Å². The average Bonchev–Trinajstić information content (AvgIpc) is 2.86. The molecule has 0 saturated carbocycles. The standard InChI is InChI=1S/C15H22N4S/c1-4-9-16-14(13-8-6-5-7-12(13)2)10-20-15-18-17-11-19(15)3/h5-8,11,14,16H,4,9-10H2,1-3H3. The molecule has 0 spiro atoms. The van der Waals surface area contributed by atoms with Crippen molar-refractivity contribution in [3.63, 3.8) is 0 Å². The molecule has 0 fully saturated rings. The number of benzene rings is 1. The number of aryl methyl sites for hydroxylation is 2. The molecule has 0 radical (unpaired) electrons. The van der Waals surface area contributed by atoms with E-state index in [-0.39, 0.29) is 0 Å². The Morgan fingerprint density at radius 2 is 2.15 bits per heavy atom. The summed E-state index contributed by atoms with van der Waals surface area (Å²) in [5, 5.41) is 12.6. The fourth-order valence-corrected chi connectivity index (χ4v) is 3.08. The van der Waals surface area contributed by atoms with Gasteiger partial charge in [0.05, 0.1) is 0 Å². The van der Waals surface area contributed by atoms with E-state index in [9.17, 15) is 0 Å². The Labute approximate surface area is 125 Å². The third kappa shape index (κ3) is 3.84. The van der Waals surface area contributed by atoms with E-state index in [1.165, 1.54) is 11.1 Å². The van der Waals surface area contributed by atoms with Gasteiger partial charge in [-0.1, -0.05) is 43.0 Å². The minimum atomic E-state index is 0.345. The zero-order valence-corrected chi connectivity index (χ0v) is 13.2. The van der Waals surface area contributed by atoms with Crippen LogP contribution in [0.25, 0.3) is 0 Å². The molecule has 2 aromatic rings. The van der Waals surface area contributed by atoms with E-state index < -0.39 is 0 Å². The summed E-state index contributed by atoms with van der Waals surface area (Å²) in [5.74, 6) is 0.956. The first-order chi connectivity index (χ1) is 9.72. The largest absolute Gasteiger partial charge is 0.312 e. The minimum Gasteiger partial charge on any atom is -0.312 e. The number of aromatic nitrogens is 3. The fraction of sp³-hybridized carbons (Fsp3) is 0.467. The molecule has 5 heteroatoms. The van der Waals surface area contributed by atoms with Crippen LogP contribution in [0.3, 0.4) is 0 Å². The summed E-state index contributed by atoms with van der Waals surface area (Å²) in [6.07, 6.45) is 2.88. The van der Waals surface area contributed by atoms with Gasteiger partial charge >= 0.3 is 0 Å². The average molecular weight is 290 g/mol. The maximum Gasteiger partial charge on any atom is 0.190 e. The Morgan fingerprint density at radius 3 is 2.80 bits per heavy atom. The summed E-state index contributed by atoms with van der Waals surface area (Å²) in [6.45, 7) is 5.39. The van der Waals surface area contributed by atoms with Gasteiger partial charge in [-0.2, -0.15) is 0 Å². The topological polar surface area (TPSA) is 42.7 Å². The van der Waals surface area contributed by atoms with Crippen molar-refractivity contribution in [2.24, 2.45) is 7.05 Å². The van der Waals surface area contributed by atoms with Gasteiger partial charge in [-0.15, -0.1) is 10.2 Å². The van der Waals surface area contributed by atoms with Crippen molar-refractivity contribution in [2.75, 3.05) is 12.3 Å². The highest BCUT2D eigenvalue weighted by Gasteiger charge is 2.14. The molecule has 0 aliphatic carbocycles. The maximum atomic E-state index is 4.13. The molecular formula is C15H22N4S. The summed E-state index contributed by atoms with van der Waals surface area (Å²) in [5.41, 5.74) is 2.70. The van der Waals surface area contributed by atoms with Gasteiger partial charge in [-0.25, -0.2) is 0 Å². The van der Waals surface area contributed by atoms with Crippen LogP contribution in [0.2, 0.25) is 0 Å². The third-order valence-corrected chi connectivity index (χ3v) is 4.38. The van der Waals surface area contributed by atoms with Gasteiger partial charge in [-0.05, 0) is 31.0 Å². The Morgan fingerprint density at radius 1 is 1.35 bits per heavy atom. The number of hydrogen-bond acceptors (Lipinski definition) is 4. The van der Waals surface area contributed by atoms with E-state index in [0.717, 1.165) is 23.9 Å². The second-order valence-electron chi connectivity index (χ2n) is 4.90. The Kier molecular flexibility index (Phi) is 5.61. The van der Waals surface area contributed by atoms with Crippen LogP contribution in [0.4, 0.5) is 0 Å². The Balaban J connectivity index is 2.08. The lowest BCUT2D eigenvalue weighted by Gasteiger charge is -2.20. The first kappa shape index (κ1) is 15.1. The highest BCUT2D eigenvalue weighted by Crippen LogP contribution is 2.25. The predicted octanol–water partition coefficient (Wildman–Crippen LogP) is 2.96. The van der Waals surface area contributed by atoms with Crippen molar-refractivity contribution < 1.29 is 0 Å². The van der Waals surface area contributed by atoms with Crippen molar-refractivity contribution >= 4 is 11.8 Å². The number of nitrogens with zero attached hydrogens (tertiary/aromatic N) is 3. The van der Waals surface area contributed by atoms with Gasteiger partial charge < -0.3 is 9.88 Å². The molecule has 1 atom stereocenters. The highest BCUT2D eigenvalue weighted by atomic mass is 32.2. The Hall–Kier alpha value is -1.33. The van der Waals surface area contributed by atoms with Gasteiger partial charge in [0.2, 0.25) is 0 Å². The van der Waals surface area contributed by atoms with E-state index in [2.05, 4.69) is 53.6 Å². The van der Waals surface area contributed by atoms with Crippen LogP contribution in [-0.2, 0) is 7.05 Å². The minimum absolute atomic E-state index is 0.345. The lowest BCUT2D eigenvalue weighted by Crippen LogP contribution is -2.25. The molecule has 0 bridgehead atoms. The maximum absolute atomic E-state index is 4.13. The summed E-state index contributed by atoms with van der Waals surface area (Å²) in [4.78, 5) is 0. The summed E-state index contributed by atoms with van der Waals surface area (Å²) >= 11 is 1.74. The number of hydrogen-bond donors (Lipinski definition) is 1. The summed E-state index contributed by atoms with van der Waals surface area (Å²) in [6, 6.07) is 8.92. The van der Waals surface area contributed by atoms with Crippen LogP contribution in [-0.4, -0.2) is 27.1 Å². The third-order valence-electron chi connectivity index (χ3n) is 3.25. The van der Waals surface area contributed by atoms with Gasteiger partial charge in [-0.3, -0.25) is 0 Å². The molecule has 1 N–H and O–H groups in total. The highest BCUT2D eigenvalue weighted by molar-refractivity contribution is 7.99. The molecule has 108 valence electrons. The first-order valence-corrected chi connectivity index (χ1v) is 7.96. The lowest BCUT2D eigenvalue weighted by molar-refractivity contribution is 0.574. The van der Waals surface area contributed by atoms with Gasteiger partial charge in [0.25, 0.3) is 0 Å². The van der Waals surface area contributed by atoms with Crippen molar-refractivity contribution in [1.29, 1.82) is 0 Å². The molecule has 0 aliphatic heterocycles. The molecule has 1 aromatic heterocycles. The molecule has 1 heterocycles. The van der Waals surface area contributed by atoms with Crippen LogP contribution in [0, 0.1) is 6.92 Å². The molecule has 20 heavy (non-hydrogen) atoms. The van der Waals surface area contributed by atoms with Crippen LogP contribution in [0.5, 0.6) is 0 Å². The van der Waals surface area contributed by atoms with Crippen molar-refractivity contribution in [3.05, 3.63) is 41.7 Å². The molecule has 0 amide bonds. The second-order valence-corrected chi connectivity index (χ2v) is 5.89. The van der Waals surface area contributed by atoms with Crippen molar-refractivity contribution in [2.45, 2.75) is 31.5 Å². The zero-order valence-electron chi connectivity index (χ0n) is 12.3. The van der Waals surface area contributed by atoms with Gasteiger partial charge in [0.15, 0.2) is 5.16 Å². The van der Waals surface area contributed by atoms with Crippen LogP contribution in [0.15, 0.2) is 35.7 Å². The van der Waals surface area contributed by atoms with E-state index in [1.807, 2.05) is 11.6 Å². The van der Waals surface area contributed by atoms with E-state index in [0.29, 0.717) is 6.04 Å². The zero-order chi connectivity index (χ0) is 14.4. The Bertz CT molecular complexity index is 538. The summed E-state index contributed by atoms with van der Waals surface area (Å²) < 4.78 is 1.96. The molecular weight excluding hydrogens is 268 g/mol. The predicted molar refractivity (Wildman–Crippen MR) is 83.9 cm³/mol. The number of nitrogens with one attached hydrogen (secondary N) is 1. The van der Waals surface area contributed by atoms with Gasteiger partial charge in [0.1, 0.15) is 6.33 Å². The van der Waals surface area contributed by atoms with Crippen LogP contribution in [0.1, 0.15) is 30.5 Å². The molecule has 0 saturated heterocycles. The monoisotopic (exact) mass is 290 g/mol. The van der Waals surface area contributed by atoms with E-state index in [1.54, 1.807) is 18.1 Å². The normalized spacial score (nSPS) is 12.6. The molecule has 2 rings (SSSR count). The van der Waals surface area contributed by atoms with Crippen molar-refractivity contribution in [1.82, 2.24) is 20.1 Å². The number of thioether (sulfide) groups is 1. The summed E-state index contributed by atoms with van der Waals surface area (Å²) in [7, 11) is 1.98. The number of rotatable bonds is 7. The fourth-order valence-electron chi connectivity index (χ4n) is 2.12. The smallest absolute Gasteiger partial charge is 0.190 e. The molecule has 4 nitrogen and oxygen atoms in total. The van der Waals surface area contributed by atoms with Crippen molar-refractivity contribution in [3.8, 4) is 0 Å². The molecule has 1 aromatic carbocycles. The quantitative estimate of drug-likeness (QED) is 0.796. The lowest BCUT2D eigenvalue weighted by atomic mass is 10.0. The van der Waals surface area contributed by atoms with Crippen LogP contribution >= 0.6 is 11.8 Å². The second kappa shape index (κ2) is 7.45.